The van der Waals surface area contributed by atoms with Crippen LogP contribution in [0.3, 0.4) is 0 Å². The summed E-state index contributed by atoms with van der Waals surface area (Å²) in [5.74, 6) is 1.76. The molecule has 0 atom stereocenters. The van der Waals surface area contributed by atoms with Crippen molar-refractivity contribution < 1.29 is 0 Å². The maximum atomic E-state index is 4.91. The van der Waals surface area contributed by atoms with Crippen molar-refractivity contribution in [3.05, 3.63) is 66.0 Å². The van der Waals surface area contributed by atoms with Crippen molar-refractivity contribution in [1.29, 1.82) is 0 Å². The number of aromatic nitrogens is 2. The highest BCUT2D eigenvalue weighted by atomic mass is 15.1. The van der Waals surface area contributed by atoms with Crippen molar-refractivity contribution in [3.8, 4) is 0 Å². The molecule has 0 N–H and O–H groups in total. The van der Waals surface area contributed by atoms with Gasteiger partial charge in [-0.1, -0.05) is 56.3 Å². The fourth-order valence-corrected chi connectivity index (χ4v) is 2.99. The van der Waals surface area contributed by atoms with Crippen molar-refractivity contribution >= 4 is 11.0 Å². The second-order valence-corrected chi connectivity index (χ2v) is 5.54. The van der Waals surface area contributed by atoms with Crippen LogP contribution in [0.15, 0.2) is 54.6 Å². The smallest absolute Gasteiger partial charge is 0.113 e. The first-order chi connectivity index (χ1) is 10.3. The van der Waals surface area contributed by atoms with Gasteiger partial charge in [-0.3, -0.25) is 0 Å². The van der Waals surface area contributed by atoms with Gasteiger partial charge in [0.15, 0.2) is 0 Å². The van der Waals surface area contributed by atoms with Crippen LogP contribution in [-0.2, 0) is 6.54 Å². The Morgan fingerprint density at radius 1 is 0.905 bits per heavy atom. The minimum absolute atomic E-state index is 0.529. The van der Waals surface area contributed by atoms with E-state index >= 15 is 0 Å². The van der Waals surface area contributed by atoms with Crippen LogP contribution in [-0.4, -0.2) is 9.55 Å². The Morgan fingerprint density at radius 3 is 2.29 bits per heavy atom. The van der Waals surface area contributed by atoms with Crippen LogP contribution < -0.4 is 0 Å². The predicted octanol–water partition coefficient (Wildman–Crippen LogP) is 4.99. The second kappa shape index (κ2) is 6.13. The van der Waals surface area contributed by atoms with Gasteiger partial charge in [0.05, 0.1) is 11.0 Å². The highest BCUT2D eigenvalue weighted by molar-refractivity contribution is 5.76. The van der Waals surface area contributed by atoms with E-state index in [-0.39, 0.29) is 0 Å². The van der Waals surface area contributed by atoms with Gasteiger partial charge in [0.25, 0.3) is 0 Å². The molecule has 2 aromatic carbocycles. The first-order valence-electron chi connectivity index (χ1n) is 7.82. The van der Waals surface area contributed by atoms with E-state index in [0.29, 0.717) is 5.92 Å². The molecule has 0 spiro atoms. The third-order valence-corrected chi connectivity index (χ3v) is 4.22. The van der Waals surface area contributed by atoms with Crippen LogP contribution in [0.2, 0.25) is 0 Å². The number of nitrogens with zero attached hydrogens (tertiary/aromatic N) is 2. The third-order valence-electron chi connectivity index (χ3n) is 4.22. The quantitative estimate of drug-likeness (QED) is 0.643. The lowest BCUT2D eigenvalue weighted by atomic mass is 10.0. The van der Waals surface area contributed by atoms with Crippen molar-refractivity contribution in [2.45, 2.75) is 39.2 Å². The van der Waals surface area contributed by atoms with E-state index in [1.807, 2.05) is 0 Å². The van der Waals surface area contributed by atoms with Gasteiger partial charge in [0, 0.05) is 12.5 Å². The highest BCUT2D eigenvalue weighted by Crippen LogP contribution is 2.27. The summed E-state index contributed by atoms with van der Waals surface area (Å²) in [5.41, 5.74) is 3.67. The first kappa shape index (κ1) is 13.9. The van der Waals surface area contributed by atoms with Crippen LogP contribution in [0, 0.1) is 0 Å². The Morgan fingerprint density at radius 2 is 1.57 bits per heavy atom. The molecule has 0 fully saturated rings. The van der Waals surface area contributed by atoms with Crippen molar-refractivity contribution in [2.75, 3.05) is 0 Å². The summed E-state index contributed by atoms with van der Waals surface area (Å²) in [5, 5.41) is 0. The molecule has 0 unspecified atom stereocenters. The van der Waals surface area contributed by atoms with E-state index in [9.17, 15) is 0 Å². The van der Waals surface area contributed by atoms with Gasteiger partial charge >= 0.3 is 0 Å². The lowest BCUT2D eigenvalue weighted by Crippen LogP contribution is -2.09. The predicted molar refractivity (Wildman–Crippen MR) is 88.6 cm³/mol. The molecular weight excluding hydrogens is 256 g/mol. The minimum atomic E-state index is 0.529. The number of fused-ring (bicyclic) bond motifs is 1. The zero-order valence-electron chi connectivity index (χ0n) is 12.8. The van der Waals surface area contributed by atoms with Gasteiger partial charge in [0.1, 0.15) is 5.82 Å². The maximum absolute atomic E-state index is 4.91. The third kappa shape index (κ3) is 2.71. The summed E-state index contributed by atoms with van der Waals surface area (Å²) in [4.78, 5) is 4.91. The molecule has 2 heteroatoms. The molecule has 0 saturated carbocycles. The zero-order valence-corrected chi connectivity index (χ0v) is 12.8. The molecule has 108 valence electrons. The SMILES string of the molecule is CCC(CC)c1nc2ccccc2n1Cc1ccccc1. The minimum Gasteiger partial charge on any atom is -0.323 e. The molecule has 0 aliphatic carbocycles. The first-order valence-corrected chi connectivity index (χ1v) is 7.82. The Hall–Kier alpha value is -2.09. The molecule has 0 aliphatic rings. The monoisotopic (exact) mass is 278 g/mol. The Kier molecular flexibility index (Phi) is 4.05. The Balaban J connectivity index is 2.11. The number of para-hydroxylation sites is 2. The largest absolute Gasteiger partial charge is 0.323 e. The number of rotatable bonds is 5. The fourth-order valence-electron chi connectivity index (χ4n) is 2.99. The van der Waals surface area contributed by atoms with E-state index in [1.54, 1.807) is 0 Å². The lowest BCUT2D eigenvalue weighted by Gasteiger charge is -2.15. The van der Waals surface area contributed by atoms with E-state index in [4.69, 9.17) is 4.98 Å². The summed E-state index contributed by atoms with van der Waals surface area (Å²) >= 11 is 0. The Bertz CT molecular complexity index is 709. The topological polar surface area (TPSA) is 17.8 Å². The van der Waals surface area contributed by atoms with Crippen molar-refractivity contribution in [1.82, 2.24) is 9.55 Å². The zero-order chi connectivity index (χ0) is 14.7. The summed E-state index contributed by atoms with van der Waals surface area (Å²) < 4.78 is 2.39. The van der Waals surface area contributed by atoms with Gasteiger partial charge in [0.2, 0.25) is 0 Å². The van der Waals surface area contributed by atoms with Crippen LogP contribution in [0.4, 0.5) is 0 Å². The maximum Gasteiger partial charge on any atom is 0.113 e. The number of imidazole rings is 1. The highest BCUT2D eigenvalue weighted by Gasteiger charge is 2.17. The molecule has 1 heterocycles. The summed E-state index contributed by atoms with van der Waals surface area (Å²) in [6, 6.07) is 19.1. The van der Waals surface area contributed by atoms with Gasteiger partial charge in [-0.2, -0.15) is 0 Å². The van der Waals surface area contributed by atoms with Crippen molar-refractivity contribution in [2.24, 2.45) is 0 Å². The average Bonchev–Trinajstić information content (AvgIpc) is 2.89. The fraction of sp³-hybridized carbons (Fsp3) is 0.316. The molecule has 0 radical (unpaired) electrons. The second-order valence-electron chi connectivity index (χ2n) is 5.54. The summed E-state index contributed by atoms with van der Waals surface area (Å²) in [7, 11) is 0. The normalized spacial score (nSPS) is 11.4. The number of hydrogen-bond donors (Lipinski definition) is 0. The van der Waals surface area contributed by atoms with Crippen LogP contribution >= 0.6 is 0 Å². The molecule has 3 rings (SSSR count). The van der Waals surface area contributed by atoms with Gasteiger partial charge in [-0.15, -0.1) is 0 Å². The van der Waals surface area contributed by atoms with E-state index in [0.717, 1.165) is 24.9 Å². The van der Waals surface area contributed by atoms with E-state index in [2.05, 4.69) is 73.0 Å². The molecule has 0 aliphatic heterocycles. The van der Waals surface area contributed by atoms with Crippen LogP contribution in [0.5, 0.6) is 0 Å². The van der Waals surface area contributed by atoms with Crippen molar-refractivity contribution in [3.63, 3.8) is 0 Å². The van der Waals surface area contributed by atoms with Gasteiger partial charge < -0.3 is 4.57 Å². The standard InChI is InChI=1S/C19H22N2/c1-3-16(4-2)19-20-17-12-8-9-13-18(17)21(19)14-15-10-6-5-7-11-15/h5-13,16H,3-4,14H2,1-2H3. The molecule has 21 heavy (non-hydrogen) atoms. The molecule has 0 amide bonds. The van der Waals surface area contributed by atoms with E-state index < -0.39 is 0 Å². The molecule has 2 nitrogen and oxygen atoms in total. The summed E-state index contributed by atoms with van der Waals surface area (Å²) in [6.07, 6.45) is 2.27. The molecule has 0 bridgehead atoms. The number of hydrogen-bond acceptors (Lipinski definition) is 1. The van der Waals surface area contributed by atoms with Gasteiger partial charge in [-0.25, -0.2) is 4.98 Å². The molecular formula is C19H22N2. The summed E-state index contributed by atoms with van der Waals surface area (Å²) in [6.45, 7) is 5.40. The van der Waals surface area contributed by atoms with Crippen LogP contribution in [0.25, 0.3) is 11.0 Å². The molecule has 1 aromatic heterocycles. The lowest BCUT2D eigenvalue weighted by molar-refractivity contribution is 0.570. The average molecular weight is 278 g/mol. The molecule has 0 saturated heterocycles. The Labute approximate surface area is 126 Å². The van der Waals surface area contributed by atoms with Gasteiger partial charge in [-0.05, 0) is 30.5 Å². The van der Waals surface area contributed by atoms with E-state index in [1.165, 1.54) is 16.9 Å². The molecule has 3 aromatic rings. The van der Waals surface area contributed by atoms with Crippen LogP contribution in [0.1, 0.15) is 44.0 Å². The number of benzene rings is 2.